The first kappa shape index (κ1) is 13.8. The SMILES string of the molecule is O=C(NCCc1ncc[nH]1)c1cc(F)c(Cl)cc1Cl. The maximum absolute atomic E-state index is 13.3. The van der Waals surface area contributed by atoms with Gasteiger partial charge in [-0.25, -0.2) is 9.37 Å². The zero-order valence-corrected chi connectivity index (χ0v) is 11.2. The third-order valence-corrected chi connectivity index (χ3v) is 3.06. The highest BCUT2D eigenvalue weighted by Crippen LogP contribution is 2.24. The third-order valence-electron chi connectivity index (χ3n) is 2.46. The number of carbonyl (C=O) groups excluding carboxylic acids is 1. The minimum atomic E-state index is -0.678. The molecule has 2 aromatic rings. The normalized spacial score (nSPS) is 10.5. The maximum atomic E-state index is 13.3. The summed E-state index contributed by atoms with van der Waals surface area (Å²) < 4.78 is 13.3. The van der Waals surface area contributed by atoms with E-state index in [-0.39, 0.29) is 15.6 Å². The van der Waals surface area contributed by atoms with Gasteiger partial charge in [-0.05, 0) is 12.1 Å². The minimum Gasteiger partial charge on any atom is -0.352 e. The van der Waals surface area contributed by atoms with E-state index in [1.54, 1.807) is 12.4 Å². The largest absolute Gasteiger partial charge is 0.352 e. The molecule has 1 heterocycles. The average Bonchev–Trinajstić information content (AvgIpc) is 2.86. The second-order valence-electron chi connectivity index (χ2n) is 3.79. The van der Waals surface area contributed by atoms with Crippen LogP contribution in [0, 0.1) is 5.82 Å². The summed E-state index contributed by atoms with van der Waals surface area (Å²) >= 11 is 11.4. The fourth-order valence-electron chi connectivity index (χ4n) is 1.52. The Balaban J connectivity index is 1.98. The fraction of sp³-hybridized carbons (Fsp3) is 0.167. The van der Waals surface area contributed by atoms with E-state index >= 15 is 0 Å². The summed E-state index contributed by atoms with van der Waals surface area (Å²) in [5.41, 5.74) is 0.0583. The molecule has 19 heavy (non-hydrogen) atoms. The van der Waals surface area contributed by atoms with E-state index in [1.165, 1.54) is 6.07 Å². The van der Waals surface area contributed by atoms with Gasteiger partial charge in [-0.1, -0.05) is 23.2 Å². The molecular weight excluding hydrogens is 292 g/mol. The summed E-state index contributed by atoms with van der Waals surface area (Å²) in [6.07, 6.45) is 3.87. The molecule has 100 valence electrons. The van der Waals surface area contributed by atoms with Crippen LogP contribution in [0.25, 0.3) is 0 Å². The molecule has 7 heteroatoms. The lowest BCUT2D eigenvalue weighted by molar-refractivity contribution is 0.0953. The van der Waals surface area contributed by atoms with Gasteiger partial charge in [0.15, 0.2) is 0 Å². The molecule has 1 amide bonds. The van der Waals surface area contributed by atoms with Crippen LogP contribution in [0.4, 0.5) is 4.39 Å². The Kier molecular flexibility index (Phi) is 4.39. The molecule has 0 aliphatic carbocycles. The molecule has 2 N–H and O–H groups in total. The van der Waals surface area contributed by atoms with Gasteiger partial charge in [-0.15, -0.1) is 0 Å². The lowest BCUT2D eigenvalue weighted by Gasteiger charge is -2.07. The van der Waals surface area contributed by atoms with Crippen molar-refractivity contribution in [2.75, 3.05) is 6.54 Å². The molecule has 4 nitrogen and oxygen atoms in total. The lowest BCUT2D eigenvalue weighted by atomic mass is 10.2. The first-order valence-corrected chi connectivity index (χ1v) is 6.24. The lowest BCUT2D eigenvalue weighted by Crippen LogP contribution is -2.26. The number of aromatic nitrogens is 2. The van der Waals surface area contributed by atoms with E-state index < -0.39 is 11.7 Å². The summed E-state index contributed by atoms with van der Waals surface area (Å²) in [5, 5.41) is 2.63. The van der Waals surface area contributed by atoms with E-state index in [0.29, 0.717) is 13.0 Å². The van der Waals surface area contributed by atoms with Gasteiger partial charge in [-0.3, -0.25) is 4.79 Å². The van der Waals surface area contributed by atoms with Gasteiger partial charge in [0, 0.05) is 25.4 Å². The Morgan fingerprint density at radius 3 is 2.84 bits per heavy atom. The number of nitrogens with zero attached hydrogens (tertiary/aromatic N) is 1. The van der Waals surface area contributed by atoms with Gasteiger partial charge in [0.1, 0.15) is 11.6 Å². The number of H-pyrrole nitrogens is 1. The molecule has 0 fully saturated rings. The number of imidazole rings is 1. The molecule has 1 aromatic heterocycles. The van der Waals surface area contributed by atoms with Crippen molar-refractivity contribution in [3.05, 3.63) is 51.8 Å². The van der Waals surface area contributed by atoms with Crippen LogP contribution in [-0.4, -0.2) is 22.4 Å². The van der Waals surface area contributed by atoms with Crippen molar-refractivity contribution in [3.63, 3.8) is 0 Å². The smallest absolute Gasteiger partial charge is 0.252 e. The molecule has 0 bridgehead atoms. The van der Waals surface area contributed by atoms with Crippen molar-refractivity contribution < 1.29 is 9.18 Å². The van der Waals surface area contributed by atoms with Gasteiger partial charge in [0.05, 0.1) is 15.6 Å². The Bertz CT molecular complexity index is 587. The van der Waals surface area contributed by atoms with Crippen molar-refractivity contribution in [1.29, 1.82) is 0 Å². The van der Waals surface area contributed by atoms with Crippen molar-refractivity contribution in [3.8, 4) is 0 Å². The van der Waals surface area contributed by atoms with E-state index in [9.17, 15) is 9.18 Å². The Morgan fingerprint density at radius 1 is 1.37 bits per heavy atom. The Labute approximate surface area is 118 Å². The molecule has 2 rings (SSSR count). The zero-order chi connectivity index (χ0) is 13.8. The van der Waals surface area contributed by atoms with Gasteiger partial charge in [0.2, 0.25) is 0 Å². The molecule has 0 saturated heterocycles. The standard InChI is InChI=1S/C12H10Cl2FN3O/c13-8-6-9(14)10(15)5-7(8)12(19)18-2-1-11-16-3-4-17-11/h3-6H,1-2H2,(H,16,17)(H,18,19). The van der Waals surface area contributed by atoms with Crippen molar-refractivity contribution in [2.24, 2.45) is 0 Å². The zero-order valence-electron chi connectivity index (χ0n) is 9.71. The van der Waals surface area contributed by atoms with Crippen LogP contribution in [0.2, 0.25) is 10.0 Å². The first-order chi connectivity index (χ1) is 9.08. The van der Waals surface area contributed by atoms with Crippen LogP contribution in [0.15, 0.2) is 24.5 Å². The van der Waals surface area contributed by atoms with E-state index in [2.05, 4.69) is 15.3 Å². The van der Waals surface area contributed by atoms with Crippen molar-refractivity contribution in [2.45, 2.75) is 6.42 Å². The number of amides is 1. The summed E-state index contributed by atoms with van der Waals surface area (Å²) in [6, 6.07) is 2.23. The highest BCUT2D eigenvalue weighted by Gasteiger charge is 2.13. The number of benzene rings is 1. The third kappa shape index (κ3) is 3.45. The summed E-state index contributed by atoms with van der Waals surface area (Å²) in [5.74, 6) is -0.372. The summed E-state index contributed by atoms with van der Waals surface area (Å²) in [4.78, 5) is 18.8. The van der Waals surface area contributed by atoms with Crippen LogP contribution in [-0.2, 0) is 6.42 Å². The molecule has 0 saturated carbocycles. The predicted octanol–water partition coefficient (Wildman–Crippen LogP) is 2.83. The van der Waals surface area contributed by atoms with Gasteiger partial charge in [0.25, 0.3) is 5.91 Å². The van der Waals surface area contributed by atoms with Crippen LogP contribution in [0.5, 0.6) is 0 Å². The summed E-state index contributed by atoms with van der Waals surface area (Å²) in [6.45, 7) is 0.368. The molecule has 0 atom stereocenters. The second-order valence-corrected chi connectivity index (χ2v) is 4.60. The topological polar surface area (TPSA) is 57.8 Å². The average molecular weight is 302 g/mol. The highest BCUT2D eigenvalue weighted by molar-refractivity contribution is 6.36. The van der Waals surface area contributed by atoms with Crippen LogP contribution >= 0.6 is 23.2 Å². The first-order valence-electron chi connectivity index (χ1n) is 5.49. The minimum absolute atomic E-state index is 0.0583. The predicted molar refractivity (Wildman–Crippen MR) is 71.0 cm³/mol. The number of aromatic amines is 1. The number of hydrogen-bond acceptors (Lipinski definition) is 2. The monoisotopic (exact) mass is 301 g/mol. The second kappa shape index (κ2) is 6.04. The number of nitrogens with one attached hydrogen (secondary N) is 2. The van der Waals surface area contributed by atoms with Crippen molar-refractivity contribution in [1.82, 2.24) is 15.3 Å². The van der Waals surface area contributed by atoms with Crippen LogP contribution in [0.3, 0.4) is 0 Å². The molecule has 0 unspecified atom stereocenters. The fourth-order valence-corrected chi connectivity index (χ4v) is 1.99. The highest BCUT2D eigenvalue weighted by atomic mass is 35.5. The van der Waals surface area contributed by atoms with Gasteiger partial charge in [-0.2, -0.15) is 0 Å². The van der Waals surface area contributed by atoms with Crippen LogP contribution < -0.4 is 5.32 Å². The van der Waals surface area contributed by atoms with Gasteiger partial charge >= 0.3 is 0 Å². The number of hydrogen-bond donors (Lipinski definition) is 2. The number of carbonyl (C=O) groups is 1. The van der Waals surface area contributed by atoms with E-state index in [0.717, 1.165) is 11.9 Å². The van der Waals surface area contributed by atoms with Crippen molar-refractivity contribution >= 4 is 29.1 Å². The van der Waals surface area contributed by atoms with E-state index in [4.69, 9.17) is 23.2 Å². The molecule has 1 aromatic carbocycles. The quantitative estimate of drug-likeness (QED) is 0.853. The van der Waals surface area contributed by atoms with Crippen LogP contribution in [0.1, 0.15) is 16.2 Å². The molecule has 0 aliphatic heterocycles. The molecule has 0 spiro atoms. The Morgan fingerprint density at radius 2 is 2.16 bits per heavy atom. The molecule has 0 aliphatic rings. The molecule has 0 radical (unpaired) electrons. The molecular formula is C12H10Cl2FN3O. The Hall–Kier alpha value is -1.59. The van der Waals surface area contributed by atoms with E-state index in [1.807, 2.05) is 0 Å². The van der Waals surface area contributed by atoms with Gasteiger partial charge < -0.3 is 10.3 Å². The number of rotatable bonds is 4. The number of halogens is 3. The maximum Gasteiger partial charge on any atom is 0.252 e. The summed E-state index contributed by atoms with van der Waals surface area (Å²) in [7, 11) is 0.